The number of carbonyl (C=O) groups excluding carboxylic acids is 1. The Labute approximate surface area is 126 Å². The van der Waals surface area contributed by atoms with Gasteiger partial charge >= 0.3 is 5.97 Å². The van der Waals surface area contributed by atoms with Gasteiger partial charge in [-0.15, -0.1) is 0 Å². The lowest BCUT2D eigenvalue weighted by Gasteiger charge is -2.57. The van der Waals surface area contributed by atoms with Crippen molar-refractivity contribution in [3.63, 3.8) is 0 Å². The minimum atomic E-state index is -1.01. The summed E-state index contributed by atoms with van der Waals surface area (Å²) in [5.41, 5.74) is -0.664. The molecule has 4 nitrogen and oxygen atoms in total. The molecule has 0 spiro atoms. The maximum atomic E-state index is 12.6. The number of aliphatic carboxylic acids is 1. The number of carboxylic acids is 1. The van der Waals surface area contributed by atoms with E-state index in [2.05, 4.69) is 5.32 Å². The monoisotopic (exact) mass is 293 g/mol. The summed E-state index contributed by atoms with van der Waals surface area (Å²) in [6.07, 6.45) is 7.12. The summed E-state index contributed by atoms with van der Waals surface area (Å²) >= 11 is 0. The molecule has 1 amide bonds. The Kier molecular flexibility index (Phi) is 3.34. The van der Waals surface area contributed by atoms with Crippen LogP contribution in [0.25, 0.3) is 0 Å². The number of hydrogen-bond acceptors (Lipinski definition) is 2. The largest absolute Gasteiger partial charge is 0.481 e. The molecule has 4 saturated carbocycles. The van der Waals surface area contributed by atoms with Crippen molar-refractivity contribution >= 4 is 11.9 Å². The standard InChI is InChI=1S/C17H27NO3/c1-16(2,3)13(15(20)21)14(19)18-17-7-10-4-11(8-17)6-12(5-10)9-17/h10-13H,4-9H2,1-3H3,(H,18,19)(H,20,21). The van der Waals surface area contributed by atoms with Crippen molar-refractivity contribution in [2.75, 3.05) is 0 Å². The van der Waals surface area contributed by atoms with Gasteiger partial charge in [0.2, 0.25) is 5.91 Å². The molecule has 1 unspecified atom stereocenters. The van der Waals surface area contributed by atoms with E-state index in [1.165, 1.54) is 19.3 Å². The average molecular weight is 293 g/mol. The van der Waals surface area contributed by atoms with E-state index in [4.69, 9.17) is 0 Å². The van der Waals surface area contributed by atoms with Crippen LogP contribution in [0.15, 0.2) is 0 Å². The van der Waals surface area contributed by atoms with Crippen LogP contribution in [0.5, 0.6) is 0 Å². The fraction of sp³-hybridized carbons (Fsp3) is 0.882. The van der Waals surface area contributed by atoms with E-state index in [-0.39, 0.29) is 11.4 Å². The van der Waals surface area contributed by atoms with Gasteiger partial charge in [-0.2, -0.15) is 0 Å². The maximum Gasteiger partial charge on any atom is 0.316 e. The number of nitrogens with one attached hydrogen (secondary N) is 1. The second-order valence-electron chi connectivity index (χ2n) is 8.82. The van der Waals surface area contributed by atoms with Crippen LogP contribution >= 0.6 is 0 Å². The first-order valence-corrected chi connectivity index (χ1v) is 8.23. The lowest BCUT2D eigenvalue weighted by molar-refractivity contribution is -0.153. The zero-order valence-corrected chi connectivity index (χ0v) is 13.3. The van der Waals surface area contributed by atoms with Crippen molar-refractivity contribution in [2.45, 2.75) is 64.8 Å². The molecule has 4 fully saturated rings. The molecule has 0 radical (unpaired) electrons. The van der Waals surface area contributed by atoms with Crippen LogP contribution < -0.4 is 5.32 Å². The molecule has 21 heavy (non-hydrogen) atoms. The molecule has 0 aromatic heterocycles. The first kappa shape index (κ1) is 14.9. The summed E-state index contributed by atoms with van der Waals surface area (Å²) in [5.74, 6) is -0.0226. The van der Waals surface area contributed by atoms with Gasteiger partial charge in [-0.25, -0.2) is 0 Å². The molecule has 0 aliphatic heterocycles. The highest BCUT2D eigenvalue weighted by Gasteiger charge is 2.52. The third-order valence-electron chi connectivity index (χ3n) is 5.80. The predicted molar refractivity (Wildman–Crippen MR) is 79.6 cm³/mol. The topological polar surface area (TPSA) is 66.4 Å². The van der Waals surface area contributed by atoms with Crippen LogP contribution in [-0.4, -0.2) is 22.5 Å². The Morgan fingerprint density at radius 1 is 1.05 bits per heavy atom. The van der Waals surface area contributed by atoms with Gasteiger partial charge in [0.15, 0.2) is 0 Å². The van der Waals surface area contributed by atoms with E-state index in [9.17, 15) is 14.7 Å². The van der Waals surface area contributed by atoms with Crippen molar-refractivity contribution in [3.8, 4) is 0 Å². The smallest absolute Gasteiger partial charge is 0.316 e. The van der Waals surface area contributed by atoms with Crippen molar-refractivity contribution < 1.29 is 14.7 Å². The van der Waals surface area contributed by atoms with Crippen LogP contribution in [0.2, 0.25) is 0 Å². The predicted octanol–water partition coefficient (Wildman–Crippen LogP) is 2.82. The Hall–Kier alpha value is -1.06. The van der Waals surface area contributed by atoms with Crippen molar-refractivity contribution in [2.24, 2.45) is 29.1 Å². The molecule has 2 N–H and O–H groups in total. The summed E-state index contributed by atoms with van der Waals surface area (Å²) in [6, 6.07) is 0. The number of rotatable bonds is 3. The Bertz CT molecular complexity index is 428. The summed E-state index contributed by atoms with van der Waals surface area (Å²) in [6.45, 7) is 5.47. The summed E-state index contributed by atoms with van der Waals surface area (Å²) in [5, 5.41) is 12.6. The van der Waals surface area contributed by atoms with Crippen LogP contribution in [0.4, 0.5) is 0 Å². The highest BCUT2D eigenvalue weighted by atomic mass is 16.4. The average Bonchev–Trinajstić information content (AvgIpc) is 2.21. The first-order valence-electron chi connectivity index (χ1n) is 8.23. The highest BCUT2D eigenvalue weighted by Crippen LogP contribution is 2.55. The van der Waals surface area contributed by atoms with Crippen LogP contribution in [0.3, 0.4) is 0 Å². The van der Waals surface area contributed by atoms with E-state index in [1.807, 2.05) is 20.8 Å². The molecule has 0 heterocycles. The quantitative estimate of drug-likeness (QED) is 0.786. The molecule has 4 bridgehead atoms. The number of carbonyl (C=O) groups is 2. The Morgan fingerprint density at radius 3 is 1.81 bits per heavy atom. The fourth-order valence-corrected chi connectivity index (χ4v) is 5.47. The van der Waals surface area contributed by atoms with E-state index < -0.39 is 17.3 Å². The van der Waals surface area contributed by atoms with Crippen molar-refractivity contribution in [3.05, 3.63) is 0 Å². The van der Waals surface area contributed by atoms with Crippen LogP contribution in [-0.2, 0) is 9.59 Å². The van der Waals surface area contributed by atoms with Crippen LogP contribution in [0.1, 0.15) is 59.3 Å². The number of amides is 1. The lowest BCUT2D eigenvalue weighted by Crippen LogP contribution is -2.61. The van der Waals surface area contributed by atoms with Crippen molar-refractivity contribution in [1.29, 1.82) is 0 Å². The van der Waals surface area contributed by atoms with Gasteiger partial charge in [0.1, 0.15) is 5.92 Å². The molecule has 1 atom stereocenters. The summed E-state index contributed by atoms with van der Waals surface area (Å²) in [7, 11) is 0. The number of hydrogen-bond donors (Lipinski definition) is 2. The molecule has 4 aliphatic carbocycles. The maximum absolute atomic E-state index is 12.6. The molecule has 4 rings (SSSR count). The SMILES string of the molecule is CC(C)(C)C(C(=O)O)C(=O)NC12CC3CC(CC(C3)C1)C2. The van der Waals surface area contributed by atoms with Crippen LogP contribution in [0, 0.1) is 29.1 Å². The second kappa shape index (κ2) is 4.72. The molecular weight excluding hydrogens is 266 g/mol. The van der Waals surface area contributed by atoms with E-state index in [1.54, 1.807) is 0 Å². The normalized spacial score (nSPS) is 39.1. The minimum Gasteiger partial charge on any atom is -0.481 e. The van der Waals surface area contributed by atoms with Gasteiger partial charge in [0.05, 0.1) is 0 Å². The summed E-state index contributed by atoms with van der Waals surface area (Å²) in [4.78, 5) is 24.1. The molecule has 0 aromatic rings. The van der Waals surface area contributed by atoms with E-state index in [0.29, 0.717) is 0 Å². The second-order valence-corrected chi connectivity index (χ2v) is 8.82. The van der Waals surface area contributed by atoms with Gasteiger partial charge in [0.25, 0.3) is 0 Å². The Morgan fingerprint density at radius 2 is 1.48 bits per heavy atom. The third kappa shape index (κ3) is 2.69. The molecule has 4 heteroatoms. The van der Waals surface area contributed by atoms with E-state index >= 15 is 0 Å². The zero-order valence-electron chi connectivity index (χ0n) is 13.3. The first-order chi connectivity index (χ1) is 9.68. The Balaban J connectivity index is 1.76. The van der Waals surface area contributed by atoms with Gasteiger partial charge in [-0.05, 0) is 61.7 Å². The van der Waals surface area contributed by atoms with Gasteiger partial charge in [0, 0.05) is 5.54 Å². The van der Waals surface area contributed by atoms with E-state index in [0.717, 1.165) is 37.0 Å². The van der Waals surface area contributed by atoms with Gasteiger partial charge in [-0.3, -0.25) is 9.59 Å². The van der Waals surface area contributed by atoms with Gasteiger partial charge in [-0.1, -0.05) is 20.8 Å². The fourth-order valence-electron chi connectivity index (χ4n) is 5.47. The molecule has 0 aromatic carbocycles. The molecular formula is C17H27NO3. The van der Waals surface area contributed by atoms with Gasteiger partial charge < -0.3 is 10.4 Å². The molecule has 4 aliphatic rings. The number of carboxylic acid groups (broad SMARTS) is 1. The lowest BCUT2D eigenvalue weighted by atomic mass is 9.53. The molecule has 118 valence electrons. The minimum absolute atomic E-state index is 0.106. The van der Waals surface area contributed by atoms with Crippen molar-refractivity contribution in [1.82, 2.24) is 5.32 Å². The zero-order chi connectivity index (χ0) is 15.4. The summed E-state index contributed by atoms with van der Waals surface area (Å²) < 4.78 is 0. The highest BCUT2D eigenvalue weighted by molar-refractivity contribution is 5.98. The third-order valence-corrected chi connectivity index (χ3v) is 5.80. The molecule has 0 saturated heterocycles.